The van der Waals surface area contributed by atoms with Gasteiger partial charge in [0, 0.05) is 6.54 Å². The molecule has 1 N–H and O–H groups in total. The minimum atomic E-state index is 0.402. The van der Waals surface area contributed by atoms with Gasteiger partial charge in [-0.15, -0.1) is 0 Å². The van der Waals surface area contributed by atoms with Gasteiger partial charge >= 0.3 is 0 Å². The standard InChI is InChI=1S/C11H11N7O/c1-2-13-10-15-9(8-3-4-19-5-8)16-11(17-10)18-7-12-6-14-18/h3-7H,2H2,1H3,(H,13,15,16,17). The zero-order chi connectivity index (χ0) is 13.1. The monoisotopic (exact) mass is 257 g/mol. The van der Waals surface area contributed by atoms with E-state index in [9.17, 15) is 0 Å². The van der Waals surface area contributed by atoms with Crippen molar-refractivity contribution in [2.75, 3.05) is 11.9 Å². The van der Waals surface area contributed by atoms with E-state index in [4.69, 9.17) is 4.42 Å². The molecular weight excluding hydrogens is 246 g/mol. The quantitative estimate of drug-likeness (QED) is 0.748. The predicted octanol–water partition coefficient (Wildman–Crippen LogP) is 1.14. The molecule has 96 valence electrons. The van der Waals surface area contributed by atoms with Crippen LogP contribution in [0.4, 0.5) is 5.95 Å². The molecule has 0 aliphatic rings. The maximum atomic E-state index is 5.04. The van der Waals surface area contributed by atoms with E-state index in [1.807, 2.05) is 6.92 Å². The highest BCUT2D eigenvalue weighted by molar-refractivity contribution is 5.54. The number of nitrogens with zero attached hydrogens (tertiary/aromatic N) is 6. The lowest BCUT2D eigenvalue weighted by Crippen LogP contribution is -2.09. The van der Waals surface area contributed by atoms with Crippen LogP contribution in [-0.4, -0.2) is 36.3 Å². The summed E-state index contributed by atoms with van der Waals surface area (Å²) >= 11 is 0. The van der Waals surface area contributed by atoms with Gasteiger partial charge in [0.25, 0.3) is 5.95 Å². The average molecular weight is 257 g/mol. The van der Waals surface area contributed by atoms with Crippen molar-refractivity contribution in [3.8, 4) is 17.3 Å². The Bertz CT molecular complexity index is 595. The molecule has 19 heavy (non-hydrogen) atoms. The van der Waals surface area contributed by atoms with Crippen LogP contribution in [0.5, 0.6) is 0 Å². The minimum Gasteiger partial charge on any atom is -0.472 e. The number of aromatic nitrogens is 6. The van der Waals surface area contributed by atoms with E-state index in [2.05, 4.69) is 30.4 Å². The number of nitrogens with one attached hydrogen (secondary N) is 1. The molecule has 0 radical (unpaired) electrons. The van der Waals surface area contributed by atoms with Crippen molar-refractivity contribution < 1.29 is 4.42 Å². The maximum Gasteiger partial charge on any atom is 0.257 e. The molecule has 0 saturated heterocycles. The van der Waals surface area contributed by atoms with Crippen LogP contribution in [0, 0.1) is 0 Å². The average Bonchev–Trinajstić information content (AvgIpc) is 3.12. The topological polar surface area (TPSA) is 94.6 Å². The molecule has 0 bridgehead atoms. The van der Waals surface area contributed by atoms with Crippen molar-refractivity contribution in [3.63, 3.8) is 0 Å². The molecule has 0 fully saturated rings. The fourth-order valence-corrected chi connectivity index (χ4v) is 1.54. The lowest BCUT2D eigenvalue weighted by molar-refractivity contribution is 0.568. The second-order valence-electron chi connectivity index (χ2n) is 3.67. The molecular formula is C11H11N7O. The van der Waals surface area contributed by atoms with E-state index in [-0.39, 0.29) is 0 Å². The van der Waals surface area contributed by atoms with E-state index in [1.54, 1.807) is 18.6 Å². The second-order valence-corrected chi connectivity index (χ2v) is 3.67. The summed E-state index contributed by atoms with van der Waals surface area (Å²) in [6.45, 7) is 2.68. The molecule has 0 unspecified atom stereocenters. The third-order valence-electron chi connectivity index (χ3n) is 2.36. The Morgan fingerprint density at radius 2 is 2.26 bits per heavy atom. The lowest BCUT2D eigenvalue weighted by Gasteiger charge is -2.06. The molecule has 3 aromatic heterocycles. The summed E-state index contributed by atoms with van der Waals surface area (Å²) in [4.78, 5) is 16.8. The SMILES string of the molecule is CCNc1nc(-c2ccoc2)nc(-n2cncn2)n1. The van der Waals surface area contributed by atoms with Gasteiger partial charge in [-0.3, -0.25) is 0 Å². The third-order valence-corrected chi connectivity index (χ3v) is 2.36. The predicted molar refractivity (Wildman–Crippen MR) is 66.6 cm³/mol. The molecule has 0 aliphatic carbocycles. The van der Waals surface area contributed by atoms with E-state index in [0.29, 0.717) is 24.3 Å². The summed E-state index contributed by atoms with van der Waals surface area (Å²) in [6.07, 6.45) is 6.11. The number of hydrogen-bond donors (Lipinski definition) is 1. The van der Waals surface area contributed by atoms with Crippen molar-refractivity contribution in [3.05, 3.63) is 31.2 Å². The first-order chi connectivity index (χ1) is 9.36. The minimum absolute atomic E-state index is 0.402. The number of anilines is 1. The van der Waals surface area contributed by atoms with Gasteiger partial charge in [-0.2, -0.15) is 24.7 Å². The molecule has 3 heterocycles. The van der Waals surface area contributed by atoms with Gasteiger partial charge in [0.1, 0.15) is 18.9 Å². The summed E-state index contributed by atoms with van der Waals surface area (Å²) in [5.41, 5.74) is 0.780. The largest absolute Gasteiger partial charge is 0.472 e. The molecule has 8 heteroatoms. The Balaban J connectivity index is 2.09. The van der Waals surface area contributed by atoms with Gasteiger partial charge in [-0.1, -0.05) is 0 Å². The van der Waals surface area contributed by atoms with Crippen molar-refractivity contribution in [2.45, 2.75) is 6.92 Å². The van der Waals surface area contributed by atoms with E-state index >= 15 is 0 Å². The number of hydrogen-bond acceptors (Lipinski definition) is 7. The van der Waals surface area contributed by atoms with E-state index in [0.717, 1.165) is 5.56 Å². The molecule has 3 aromatic rings. The second kappa shape index (κ2) is 4.84. The normalized spacial score (nSPS) is 10.6. The Hall–Kier alpha value is -2.77. The zero-order valence-corrected chi connectivity index (χ0v) is 10.2. The Morgan fingerprint density at radius 1 is 1.32 bits per heavy atom. The van der Waals surface area contributed by atoms with E-state index < -0.39 is 0 Å². The number of rotatable bonds is 4. The van der Waals surface area contributed by atoms with Crippen molar-refractivity contribution in [1.82, 2.24) is 29.7 Å². The molecule has 0 amide bonds. The maximum absolute atomic E-state index is 5.04. The third kappa shape index (κ3) is 2.28. The van der Waals surface area contributed by atoms with Gasteiger partial charge in [0.05, 0.1) is 11.8 Å². The highest BCUT2D eigenvalue weighted by atomic mass is 16.3. The van der Waals surface area contributed by atoms with Crippen LogP contribution in [0.2, 0.25) is 0 Å². The first kappa shape index (κ1) is 11.3. The Morgan fingerprint density at radius 3 is 2.95 bits per heavy atom. The van der Waals surface area contributed by atoms with Gasteiger partial charge in [0.2, 0.25) is 5.95 Å². The van der Waals surface area contributed by atoms with Crippen molar-refractivity contribution in [1.29, 1.82) is 0 Å². The Labute approximate surface area is 108 Å². The molecule has 8 nitrogen and oxygen atoms in total. The van der Waals surface area contributed by atoms with Crippen LogP contribution in [-0.2, 0) is 0 Å². The van der Waals surface area contributed by atoms with Crippen LogP contribution >= 0.6 is 0 Å². The fraction of sp³-hybridized carbons (Fsp3) is 0.182. The zero-order valence-electron chi connectivity index (χ0n) is 10.2. The Kier molecular flexibility index (Phi) is 2.89. The van der Waals surface area contributed by atoms with Crippen molar-refractivity contribution in [2.24, 2.45) is 0 Å². The smallest absolute Gasteiger partial charge is 0.257 e. The molecule has 0 aromatic carbocycles. The van der Waals surface area contributed by atoms with Crippen LogP contribution in [0.3, 0.4) is 0 Å². The molecule has 0 saturated carbocycles. The summed E-state index contributed by atoms with van der Waals surface area (Å²) in [5.74, 6) is 1.41. The van der Waals surface area contributed by atoms with Crippen LogP contribution in [0.15, 0.2) is 35.7 Å². The summed E-state index contributed by atoms with van der Waals surface area (Å²) in [5, 5.41) is 7.07. The molecule has 3 rings (SSSR count). The van der Waals surface area contributed by atoms with Gasteiger partial charge < -0.3 is 9.73 Å². The van der Waals surface area contributed by atoms with Crippen LogP contribution < -0.4 is 5.32 Å². The van der Waals surface area contributed by atoms with Gasteiger partial charge in [-0.05, 0) is 13.0 Å². The van der Waals surface area contributed by atoms with Crippen LogP contribution in [0.25, 0.3) is 17.3 Å². The summed E-state index contributed by atoms with van der Waals surface area (Å²) in [6, 6.07) is 1.79. The fourth-order valence-electron chi connectivity index (χ4n) is 1.54. The first-order valence-electron chi connectivity index (χ1n) is 5.74. The van der Waals surface area contributed by atoms with Gasteiger partial charge in [-0.25, -0.2) is 4.98 Å². The summed E-state index contributed by atoms with van der Waals surface area (Å²) in [7, 11) is 0. The molecule has 0 spiro atoms. The summed E-state index contributed by atoms with van der Waals surface area (Å²) < 4.78 is 6.52. The highest BCUT2D eigenvalue weighted by Crippen LogP contribution is 2.17. The van der Waals surface area contributed by atoms with E-state index in [1.165, 1.54) is 17.3 Å². The highest BCUT2D eigenvalue weighted by Gasteiger charge is 2.10. The van der Waals surface area contributed by atoms with Crippen molar-refractivity contribution >= 4 is 5.95 Å². The molecule has 0 atom stereocenters. The van der Waals surface area contributed by atoms with Crippen LogP contribution in [0.1, 0.15) is 6.92 Å². The van der Waals surface area contributed by atoms with Gasteiger partial charge in [0.15, 0.2) is 5.82 Å². The number of furan rings is 1. The lowest BCUT2D eigenvalue weighted by atomic mass is 10.3. The molecule has 0 aliphatic heterocycles. The first-order valence-corrected chi connectivity index (χ1v) is 5.74.